The van der Waals surface area contributed by atoms with Crippen LogP contribution in [0.1, 0.15) is 103 Å². The second-order valence-electron chi connectivity index (χ2n) is 10.4. The van der Waals surface area contributed by atoms with Crippen LogP contribution in [0.4, 0.5) is 0 Å². The number of benzene rings is 2. The first-order chi connectivity index (χ1) is 13.9. The Labute approximate surface area is 185 Å². The van der Waals surface area contributed by atoms with Gasteiger partial charge in [0.25, 0.3) is 0 Å². The van der Waals surface area contributed by atoms with Crippen molar-refractivity contribution in [2.24, 2.45) is 0 Å². The molecule has 0 aliphatic heterocycles. The maximum Gasteiger partial charge on any atom is 0.123 e. The summed E-state index contributed by atoms with van der Waals surface area (Å²) in [5, 5.41) is 19.9. The lowest BCUT2D eigenvalue weighted by atomic mass is 9.80. The largest absolute Gasteiger partial charge is 0.508 e. The predicted molar refractivity (Wildman–Crippen MR) is 131 cm³/mol. The van der Waals surface area contributed by atoms with Gasteiger partial charge in [-0.25, -0.2) is 0 Å². The predicted octanol–water partition coefficient (Wildman–Crippen LogP) is 8.06. The van der Waals surface area contributed by atoms with Gasteiger partial charge in [-0.3, -0.25) is 0 Å². The van der Waals surface area contributed by atoms with Crippen LogP contribution in [-0.4, -0.2) is 10.2 Å². The first kappa shape index (κ1) is 26.1. The molecule has 0 amide bonds. The van der Waals surface area contributed by atoms with Crippen LogP contribution in [0.25, 0.3) is 0 Å². The van der Waals surface area contributed by atoms with Gasteiger partial charge >= 0.3 is 0 Å². The van der Waals surface area contributed by atoms with E-state index in [9.17, 15) is 10.2 Å². The standard InChI is InChI=1S/2C14H22O/c1-13(2,3)10-8-7-9-11(12(10)15)14(4,5)6;1-3-5-7-12-9-10-14(15)13(11-12)8-6-4-2/h7-9,15H,1-6H3;9-11,15H,3-8H2,1-2H3. The van der Waals surface area contributed by atoms with Gasteiger partial charge < -0.3 is 10.2 Å². The molecule has 168 valence electrons. The SMILES string of the molecule is CC(C)(C)c1cccc(C(C)(C)C)c1O.CCCCc1ccc(O)c(CCCC)c1. The highest BCUT2D eigenvalue weighted by atomic mass is 16.3. The van der Waals surface area contributed by atoms with E-state index in [-0.39, 0.29) is 10.8 Å². The van der Waals surface area contributed by atoms with Crippen molar-refractivity contribution < 1.29 is 10.2 Å². The van der Waals surface area contributed by atoms with Crippen molar-refractivity contribution >= 4 is 0 Å². The maximum absolute atomic E-state index is 10.3. The minimum atomic E-state index is -0.00859. The normalized spacial score (nSPS) is 11.7. The zero-order valence-electron chi connectivity index (χ0n) is 20.6. The molecule has 2 aromatic carbocycles. The molecule has 0 saturated carbocycles. The first-order valence-corrected chi connectivity index (χ1v) is 11.6. The van der Waals surface area contributed by atoms with Crippen LogP contribution in [-0.2, 0) is 23.7 Å². The third-order valence-corrected chi connectivity index (χ3v) is 5.41. The fraction of sp³-hybridized carbons (Fsp3) is 0.571. The topological polar surface area (TPSA) is 40.5 Å². The summed E-state index contributed by atoms with van der Waals surface area (Å²) < 4.78 is 0. The Morgan fingerprint density at radius 1 is 0.700 bits per heavy atom. The van der Waals surface area contributed by atoms with Crippen molar-refractivity contribution in [1.82, 2.24) is 0 Å². The van der Waals surface area contributed by atoms with E-state index >= 15 is 0 Å². The van der Waals surface area contributed by atoms with Gasteiger partial charge in [-0.2, -0.15) is 0 Å². The number of aromatic hydroxyl groups is 2. The van der Waals surface area contributed by atoms with Crippen LogP contribution in [0.2, 0.25) is 0 Å². The molecule has 2 rings (SSSR count). The van der Waals surface area contributed by atoms with Crippen LogP contribution in [0.15, 0.2) is 36.4 Å². The van der Waals surface area contributed by atoms with Crippen LogP contribution in [0.3, 0.4) is 0 Å². The van der Waals surface area contributed by atoms with E-state index < -0.39 is 0 Å². The highest BCUT2D eigenvalue weighted by Gasteiger charge is 2.24. The second-order valence-corrected chi connectivity index (χ2v) is 10.4. The summed E-state index contributed by atoms with van der Waals surface area (Å²) in [7, 11) is 0. The van der Waals surface area contributed by atoms with Gasteiger partial charge in [0.05, 0.1) is 0 Å². The van der Waals surface area contributed by atoms with E-state index in [1.54, 1.807) is 0 Å². The van der Waals surface area contributed by atoms with Gasteiger partial charge in [0.1, 0.15) is 11.5 Å². The third kappa shape index (κ3) is 8.05. The highest BCUT2D eigenvalue weighted by molar-refractivity contribution is 5.47. The van der Waals surface area contributed by atoms with Gasteiger partial charge in [-0.15, -0.1) is 0 Å². The Morgan fingerprint density at radius 3 is 1.67 bits per heavy atom. The van der Waals surface area contributed by atoms with Crippen molar-refractivity contribution in [1.29, 1.82) is 0 Å². The van der Waals surface area contributed by atoms with Crippen LogP contribution in [0.5, 0.6) is 11.5 Å². The Bertz CT molecular complexity index is 744. The minimum Gasteiger partial charge on any atom is -0.508 e. The number of hydrogen-bond donors (Lipinski definition) is 2. The van der Waals surface area contributed by atoms with Gasteiger partial charge in [0.2, 0.25) is 0 Å². The van der Waals surface area contributed by atoms with E-state index in [0.29, 0.717) is 11.5 Å². The number of unbranched alkanes of at least 4 members (excludes halogenated alkanes) is 2. The van der Waals surface area contributed by atoms with E-state index in [1.807, 2.05) is 30.3 Å². The quantitative estimate of drug-likeness (QED) is 0.503. The molecule has 30 heavy (non-hydrogen) atoms. The molecular weight excluding hydrogens is 368 g/mol. The smallest absolute Gasteiger partial charge is 0.123 e. The summed E-state index contributed by atoms with van der Waals surface area (Å²) in [5.74, 6) is 0.918. The minimum absolute atomic E-state index is 0.00859. The molecule has 2 N–H and O–H groups in total. The Balaban J connectivity index is 0.000000300. The fourth-order valence-electron chi connectivity index (χ4n) is 3.50. The zero-order chi connectivity index (χ0) is 22.9. The number of para-hydroxylation sites is 1. The molecular formula is C28H44O2. The Kier molecular flexibility index (Phi) is 9.94. The number of rotatable bonds is 6. The molecule has 0 aromatic heterocycles. The number of hydrogen-bond acceptors (Lipinski definition) is 2. The zero-order valence-corrected chi connectivity index (χ0v) is 20.6. The van der Waals surface area contributed by atoms with Crippen LogP contribution >= 0.6 is 0 Å². The highest BCUT2D eigenvalue weighted by Crippen LogP contribution is 2.38. The molecule has 0 radical (unpaired) electrons. The van der Waals surface area contributed by atoms with Crippen molar-refractivity contribution in [3.63, 3.8) is 0 Å². The lowest BCUT2D eigenvalue weighted by Gasteiger charge is -2.26. The number of aryl methyl sites for hydroxylation is 2. The van der Waals surface area contributed by atoms with E-state index in [4.69, 9.17) is 0 Å². The van der Waals surface area contributed by atoms with Crippen LogP contribution < -0.4 is 0 Å². The van der Waals surface area contributed by atoms with Crippen LogP contribution in [0, 0.1) is 0 Å². The molecule has 0 aliphatic rings. The molecule has 0 heterocycles. The molecule has 0 saturated heterocycles. The second kappa shape index (κ2) is 11.4. The first-order valence-electron chi connectivity index (χ1n) is 11.6. The molecule has 2 heteroatoms. The van der Waals surface area contributed by atoms with Gasteiger partial charge in [-0.05, 0) is 64.8 Å². The lowest BCUT2D eigenvalue weighted by Crippen LogP contribution is -2.16. The lowest BCUT2D eigenvalue weighted by molar-refractivity contribution is 0.423. The summed E-state index contributed by atoms with van der Waals surface area (Å²) in [6, 6.07) is 12.1. The number of phenols is 2. The molecule has 0 fully saturated rings. The van der Waals surface area contributed by atoms with E-state index in [1.165, 1.54) is 24.8 Å². The maximum atomic E-state index is 10.3. The molecule has 0 atom stereocenters. The van der Waals surface area contributed by atoms with Gasteiger partial charge in [-0.1, -0.05) is 98.6 Å². The Hall–Kier alpha value is -1.96. The summed E-state index contributed by atoms with van der Waals surface area (Å²) in [6.07, 6.45) is 6.94. The molecule has 0 aliphatic carbocycles. The molecule has 0 bridgehead atoms. The molecule has 0 spiro atoms. The van der Waals surface area contributed by atoms with Crippen molar-refractivity contribution in [2.45, 2.75) is 105 Å². The average Bonchev–Trinajstić information content (AvgIpc) is 2.65. The third-order valence-electron chi connectivity index (χ3n) is 5.41. The monoisotopic (exact) mass is 412 g/mol. The summed E-state index contributed by atoms with van der Waals surface area (Å²) in [5.41, 5.74) is 4.51. The summed E-state index contributed by atoms with van der Waals surface area (Å²) in [6.45, 7) is 17.1. The van der Waals surface area contributed by atoms with Crippen molar-refractivity contribution in [3.05, 3.63) is 58.7 Å². The number of phenolic OH excluding ortho intramolecular Hbond substituents is 2. The molecule has 2 nitrogen and oxygen atoms in total. The van der Waals surface area contributed by atoms with E-state index in [2.05, 4.69) is 61.5 Å². The van der Waals surface area contributed by atoms with Gasteiger partial charge in [0.15, 0.2) is 0 Å². The fourth-order valence-corrected chi connectivity index (χ4v) is 3.50. The van der Waals surface area contributed by atoms with E-state index in [0.717, 1.165) is 36.0 Å². The van der Waals surface area contributed by atoms with Gasteiger partial charge in [0, 0.05) is 0 Å². The van der Waals surface area contributed by atoms with Crippen molar-refractivity contribution in [2.75, 3.05) is 0 Å². The molecule has 0 unspecified atom stereocenters. The van der Waals surface area contributed by atoms with Crippen molar-refractivity contribution in [3.8, 4) is 11.5 Å². The summed E-state index contributed by atoms with van der Waals surface area (Å²) >= 11 is 0. The average molecular weight is 413 g/mol. The molecule has 2 aromatic rings. The summed E-state index contributed by atoms with van der Waals surface area (Å²) in [4.78, 5) is 0. The Morgan fingerprint density at radius 2 is 1.20 bits per heavy atom.